The van der Waals surface area contributed by atoms with Gasteiger partial charge in [-0.1, -0.05) is 72.6 Å². The van der Waals surface area contributed by atoms with Gasteiger partial charge in [-0.3, -0.25) is 13.9 Å². The second-order valence-corrected chi connectivity index (χ2v) is 12.0. The average molecular weight is 607 g/mol. The molecule has 1 N–H and O–H groups in total. The van der Waals surface area contributed by atoms with E-state index in [1.54, 1.807) is 25.3 Å². The normalized spacial score (nSPS) is 11.9. The Morgan fingerprint density at radius 3 is 2.20 bits per heavy atom. The van der Waals surface area contributed by atoms with Crippen molar-refractivity contribution >= 4 is 50.7 Å². The van der Waals surface area contributed by atoms with Crippen LogP contribution in [0.2, 0.25) is 10.0 Å². The standard InChI is InChI=1S/C29H33Cl2N3O5S/c1-4-13-32-29(36)27(15-21-9-6-5-7-10-21)33(19-22-11-8-12-26(14-22)39-2)28(35)20-34(40(3,37)38)25-17-23(30)16-24(31)18-25/h5-12,14,16-18,27H,4,13,15,19-20H2,1-3H3,(H,32,36). The number of sulfonamides is 1. The summed E-state index contributed by atoms with van der Waals surface area (Å²) in [6.07, 6.45) is 1.94. The molecule has 11 heteroatoms. The molecule has 1 atom stereocenters. The molecule has 2 amide bonds. The van der Waals surface area contributed by atoms with E-state index in [0.29, 0.717) is 24.3 Å². The van der Waals surface area contributed by atoms with Crippen LogP contribution in [0.3, 0.4) is 0 Å². The van der Waals surface area contributed by atoms with Crippen molar-refractivity contribution < 1.29 is 22.7 Å². The zero-order valence-corrected chi connectivity index (χ0v) is 25.0. The summed E-state index contributed by atoms with van der Waals surface area (Å²) in [4.78, 5) is 29.0. The summed E-state index contributed by atoms with van der Waals surface area (Å²) >= 11 is 12.3. The average Bonchev–Trinajstić information content (AvgIpc) is 2.91. The van der Waals surface area contributed by atoms with Gasteiger partial charge in [-0.25, -0.2) is 8.42 Å². The molecule has 0 spiro atoms. The van der Waals surface area contributed by atoms with E-state index in [0.717, 1.165) is 16.1 Å². The summed E-state index contributed by atoms with van der Waals surface area (Å²) < 4.78 is 32.0. The number of nitrogens with one attached hydrogen (secondary N) is 1. The molecule has 0 heterocycles. The van der Waals surface area contributed by atoms with Gasteiger partial charge in [0.05, 0.1) is 19.1 Å². The number of methoxy groups -OCH3 is 1. The molecule has 0 aliphatic rings. The first-order chi connectivity index (χ1) is 19.0. The molecule has 3 aromatic carbocycles. The van der Waals surface area contributed by atoms with Crippen LogP contribution in [-0.4, -0.2) is 57.6 Å². The Kier molecular flexibility index (Phi) is 11.2. The lowest BCUT2D eigenvalue weighted by Gasteiger charge is -2.33. The van der Waals surface area contributed by atoms with Gasteiger partial charge in [0.1, 0.15) is 18.3 Å². The van der Waals surface area contributed by atoms with E-state index in [9.17, 15) is 18.0 Å². The molecule has 0 aliphatic heterocycles. The van der Waals surface area contributed by atoms with E-state index >= 15 is 0 Å². The quantitative estimate of drug-likeness (QED) is 0.298. The third-order valence-corrected chi connectivity index (χ3v) is 7.70. The predicted molar refractivity (Wildman–Crippen MR) is 159 cm³/mol. The number of carbonyl (C=O) groups is 2. The number of halogens is 2. The minimum atomic E-state index is -3.93. The van der Waals surface area contributed by atoms with Crippen LogP contribution in [0.15, 0.2) is 72.8 Å². The molecular weight excluding hydrogens is 573 g/mol. The van der Waals surface area contributed by atoms with Crippen molar-refractivity contribution in [3.63, 3.8) is 0 Å². The van der Waals surface area contributed by atoms with E-state index in [4.69, 9.17) is 27.9 Å². The number of benzene rings is 3. The van der Waals surface area contributed by atoms with Crippen LogP contribution >= 0.6 is 23.2 Å². The van der Waals surface area contributed by atoms with E-state index < -0.39 is 28.5 Å². The lowest BCUT2D eigenvalue weighted by atomic mass is 10.0. The van der Waals surface area contributed by atoms with Crippen molar-refractivity contribution in [2.24, 2.45) is 0 Å². The number of anilines is 1. The van der Waals surface area contributed by atoms with Gasteiger partial charge in [0.25, 0.3) is 0 Å². The van der Waals surface area contributed by atoms with Crippen molar-refractivity contribution in [1.29, 1.82) is 0 Å². The Morgan fingerprint density at radius 1 is 0.950 bits per heavy atom. The van der Waals surface area contributed by atoms with Crippen LogP contribution in [0.25, 0.3) is 0 Å². The first-order valence-corrected chi connectivity index (χ1v) is 15.3. The molecule has 0 aromatic heterocycles. The summed E-state index contributed by atoms with van der Waals surface area (Å²) in [6, 6.07) is 19.9. The van der Waals surface area contributed by atoms with Crippen molar-refractivity contribution in [1.82, 2.24) is 10.2 Å². The molecule has 0 saturated heterocycles. The summed E-state index contributed by atoms with van der Waals surface area (Å²) in [6.45, 7) is 1.85. The van der Waals surface area contributed by atoms with Crippen LogP contribution in [0.1, 0.15) is 24.5 Å². The van der Waals surface area contributed by atoms with Crippen LogP contribution < -0.4 is 14.4 Å². The number of nitrogens with zero attached hydrogens (tertiary/aromatic N) is 2. The van der Waals surface area contributed by atoms with Crippen molar-refractivity contribution in [2.75, 3.05) is 30.8 Å². The Hall–Kier alpha value is -3.27. The second kappa shape index (κ2) is 14.4. The highest BCUT2D eigenvalue weighted by Gasteiger charge is 2.33. The summed E-state index contributed by atoms with van der Waals surface area (Å²) in [5.41, 5.74) is 1.71. The fourth-order valence-electron chi connectivity index (χ4n) is 4.18. The van der Waals surface area contributed by atoms with E-state index in [-0.39, 0.29) is 34.6 Å². The predicted octanol–water partition coefficient (Wildman–Crippen LogP) is 4.93. The minimum absolute atomic E-state index is 0.0426. The zero-order chi connectivity index (χ0) is 29.3. The number of rotatable bonds is 13. The van der Waals surface area contributed by atoms with Gasteiger partial charge in [0.15, 0.2) is 0 Å². The summed E-state index contributed by atoms with van der Waals surface area (Å²) in [5, 5.41) is 3.34. The van der Waals surface area contributed by atoms with Gasteiger partial charge in [-0.2, -0.15) is 0 Å². The second-order valence-electron chi connectivity index (χ2n) is 9.27. The lowest BCUT2D eigenvalue weighted by Crippen LogP contribution is -2.53. The van der Waals surface area contributed by atoms with Crippen molar-refractivity contribution in [3.8, 4) is 5.75 Å². The molecule has 0 radical (unpaired) electrons. The van der Waals surface area contributed by atoms with Gasteiger partial charge < -0.3 is 15.0 Å². The number of hydrogen-bond donors (Lipinski definition) is 1. The molecule has 214 valence electrons. The van der Waals surface area contributed by atoms with E-state index in [2.05, 4.69) is 5.32 Å². The lowest BCUT2D eigenvalue weighted by molar-refractivity contribution is -0.140. The van der Waals surface area contributed by atoms with Crippen LogP contribution in [0.5, 0.6) is 5.75 Å². The van der Waals surface area contributed by atoms with Crippen LogP contribution in [-0.2, 0) is 32.6 Å². The maximum absolute atomic E-state index is 14.1. The molecule has 8 nitrogen and oxygen atoms in total. The molecular formula is C29H33Cl2N3O5S. The Balaban J connectivity index is 2.07. The van der Waals surface area contributed by atoms with Crippen LogP contribution in [0.4, 0.5) is 5.69 Å². The third-order valence-electron chi connectivity index (χ3n) is 6.12. The minimum Gasteiger partial charge on any atom is -0.497 e. The Bertz CT molecular complexity index is 1400. The van der Waals surface area contributed by atoms with Gasteiger partial charge in [0, 0.05) is 29.6 Å². The maximum atomic E-state index is 14.1. The van der Waals surface area contributed by atoms with E-state index in [1.807, 2.05) is 43.3 Å². The first-order valence-electron chi connectivity index (χ1n) is 12.7. The summed E-state index contributed by atoms with van der Waals surface area (Å²) in [7, 11) is -2.39. The zero-order valence-electron chi connectivity index (χ0n) is 22.6. The highest BCUT2D eigenvalue weighted by atomic mass is 35.5. The van der Waals surface area contributed by atoms with E-state index in [1.165, 1.54) is 23.1 Å². The monoisotopic (exact) mass is 605 g/mol. The molecule has 0 fully saturated rings. The fourth-order valence-corrected chi connectivity index (χ4v) is 5.53. The molecule has 3 aromatic rings. The van der Waals surface area contributed by atoms with Crippen LogP contribution in [0, 0.1) is 0 Å². The fraction of sp³-hybridized carbons (Fsp3) is 0.310. The molecule has 0 bridgehead atoms. The van der Waals surface area contributed by atoms with Gasteiger partial charge in [0.2, 0.25) is 21.8 Å². The van der Waals surface area contributed by atoms with Gasteiger partial charge >= 0.3 is 0 Å². The molecule has 0 aliphatic carbocycles. The number of carbonyl (C=O) groups excluding carboxylic acids is 2. The van der Waals surface area contributed by atoms with Gasteiger partial charge in [-0.15, -0.1) is 0 Å². The summed E-state index contributed by atoms with van der Waals surface area (Å²) in [5.74, 6) is -0.318. The number of amides is 2. The molecule has 0 saturated carbocycles. The highest BCUT2D eigenvalue weighted by molar-refractivity contribution is 7.92. The Labute approximate surface area is 245 Å². The topological polar surface area (TPSA) is 96.0 Å². The molecule has 40 heavy (non-hydrogen) atoms. The largest absolute Gasteiger partial charge is 0.497 e. The highest BCUT2D eigenvalue weighted by Crippen LogP contribution is 2.28. The van der Waals surface area contributed by atoms with Crippen molar-refractivity contribution in [2.45, 2.75) is 32.4 Å². The number of hydrogen-bond acceptors (Lipinski definition) is 5. The molecule has 3 rings (SSSR count). The van der Waals surface area contributed by atoms with Crippen molar-refractivity contribution in [3.05, 3.63) is 94.0 Å². The molecule has 1 unspecified atom stereocenters. The van der Waals surface area contributed by atoms with Gasteiger partial charge in [-0.05, 0) is 47.9 Å². The first kappa shape index (κ1) is 31.3. The number of ether oxygens (including phenoxy) is 1. The third kappa shape index (κ3) is 8.87. The smallest absolute Gasteiger partial charge is 0.244 e. The Morgan fingerprint density at radius 2 is 1.60 bits per heavy atom. The SMILES string of the molecule is CCCNC(=O)C(Cc1ccccc1)N(Cc1cccc(OC)c1)C(=O)CN(c1cc(Cl)cc(Cl)c1)S(C)(=O)=O. The maximum Gasteiger partial charge on any atom is 0.244 e.